The van der Waals surface area contributed by atoms with Crippen molar-refractivity contribution < 1.29 is 14.4 Å². The van der Waals surface area contributed by atoms with Crippen molar-refractivity contribution in [2.45, 2.75) is 52.4 Å². The molecule has 0 aromatic rings. The number of rotatable bonds is 0. The molecule has 118 valence electrons. The third-order valence-electron chi connectivity index (χ3n) is 7.06. The summed E-state index contributed by atoms with van der Waals surface area (Å²) in [7, 11) is 0. The predicted molar refractivity (Wildman–Crippen MR) is 82.0 cm³/mol. The highest BCUT2D eigenvalue weighted by molar-refractivity contribution is 5.95. The number of carbonyl (C=O) groups is 3. The molecule has 0 amide bonds. The second-order valence-corrected chi connectivity index (χ2v) is 8.19. The normalized spacial score (nSPS) is 47.6. The van der Waals surface area contributed by atoms with E-state index in [1.54, 1.807) is 0 Å². The van der Waals surface area contributed by atoms with Crippen LogP contribution in [0.25, 0.3) is 0 Å². The van der Waals surface area contributed by atoms with Gasteiger partial charge in [0.2, 0.25) is 0 Å². The lowest BCUT2D eigenvalue weighted by Gasteiger charge is -2.52. The van der Waals surface area contributed by atoms with E-state index in [2.05, 4.69) is 13.0 Å². The van der Waals surface area contributed by atoms with Crippen LogP contribution in [0.5, 0.6) is 0 Å². The van der Waals surface area contributed by atoms with Gasteiger partial charge in [-0.15, -0.1) is 0 Å². The summed E-state index contributed by atoms with van der Waals surface area (Å²) in [6.45, 7) is 4.21. The number of hydrogen-bond acceptors (Lipinski definition) is 3. The fourth-order valence-corrected chi connectivity index (χ4v) is 6.07. The molecule has 0 aromatic heterocycles. The smallest absolute Gasteiger partial charge is 0.139 e. The summed E-state index contributed by atoms with van der Waals surface area (Å²) in [4.78, 5) is 37.1. The first-order chi connectivity index (χ1) is 10.4. The summed E-state index contributed by atoms with van der Waals surface area (Å²) in [6, 6.07) is 0. The third-order valence-corrected chi connectivity index (χ3v) is 7.06. The monoisotopic (exact) mass is 300 g/mol. The van der Waals surface area contributed by atoms with Crippen LogP contribution < -0.4 is 0 Å². The number of ketones is 3. The number of fused-ring (bicyclic) bond motifs is 5. The molecule has 3 heteroatoms. The van der Waals surface area contributed by atoms with Crippen molar-refractivity contribution in [3.05, 3.63) is 11.6 Å². The Labute approximate surface area is 131 Å². The van der Waals surface area contributed by atoms with Crippen LogP contribution in [-0.2, 0) is 14.4 Å². The second-order valence-electron chi connectivity index (χ2n) is 8.19. The molecule has 3 nitrogen and oxygen atoms in total. The Hall–Kier alpha value is -1.25. The molecule has 0 saturated heterocycles. The standard InChI is InChI=1S/C19H24O3/c1-10-7-11-8-12(20)3-4-13(11)18-15(21)9-19(2)14(17(10)18)5-6-16(19)22/h7,10,13-14,17-18H,3-6,8-9H2,1-2H3/t10-,13+,14+,17+,18+,19+/m1/s1. The van der Waals surface area contributed by atoms with Crippen LogP contribution in [0.15, 0.2) is 11.6 Å². The van der Waals surface area contributed by atoms with Crippen LogP contribution in [-0.4, -0.2) is 17.3 Å². The first-order valence-electron chi connectivity index (χ1n) is 8.70. The fourth-order valence-electron chi connectivity index (χ4n) is 6.07. The largest absolute Gasteiger partial charge is 0.299 e. The summed E-state index contributed by atoms with van der Waals surface area (Å²) in [5, 5.41) is 0. The van der Waals surface area contributed by atoms with Crippen LogP contribution in [0, 0.1) is 35.0 Å². The Morgan fingerprint density at radius 1 is 1.14 bits per heavy atom. The molecule has 0 unspecified atom stereocenters. The zero-order valence-electron chi connectivity index (χ0n) is 13.4. The molecule has 4 aliphatic carbocycles. The van der Waals surface area contributed by atoms with E-state index in [9.17, 15) is 14.4 Å². The van der Waals surface area contributed by atoms with E-state index >= 15 is 0 Å². The van der Waals surface area contributed by atoms with E-state index in [1.165, 1.54) is 5.57 Å². The SMILES string of the molecule is C[C@@H]1C=C2CC(=O)CC[C@@H]2[C@H]2C(=O)C[C@]3(C)C(=O)CC[C@H]3[C@@H]21. The minimum absolute atomic E-state index is 0.0621. The average molecular weight is 300 g/mol. The minimum Gasteiger partial charge on any atom is -0.299 e. The topological polar surface area (TPSA) is 51.2 Å². The maximum absolute atomic E-state index is 12.9. The van der Waals surface area contributed by atoms with E-state index in [1.807, 2.05) is 6.92 Å². The van der Waals surface area contributed by atoms with E-state index in [0.29, 0.717) is 55.0 Å². The van der Waals surface area contributed by atoms with Crippen LogP contribution in [0.2, 0.25) is 0 Å². The maximum Gasteiger partial charge on any atom is 0.139 e. The number of hydrogen-bond donors (Lipinski definition) is 0. The van der Waals surface area contributed by atoms with Crippen LogP contribution in [0.1, 0.15) is 52.4 Å². The van der Waals surface area contributed by atoms with Crippen molar-refractivity contribution in [3.8, 4) is 0 Å². The molecule has 3 fully saturated rings. The highest BCUT2D eigenvalue weighted by Crippen LogP contribution is 2.60. The van der Waals surface area contributed by atoms with Gasteiger partial charge in [-0.25, -0.2) is 0 Å². The van der Waals surface area contributed by atoms with Crippen molar-refractivity contribution in [1.82, 2.24) is 0 Å². The van der Waals surface area contributed by atoms with Gasteiger partial charge in [-0.1, -0.05) is 25.5 Å². The third kappa shape index (κ3) is 1.77. The molecule has 4 rings (SSSR count). The van der Waals surface area contributed by atoms with Gasteiger partial charge in [-0.2, -0.15) is 0 Å². The van der Waals surface area contributed by atoms with Crippen molar-refractivity contribution in [1.29, 1.82) is 0 Å². The highest BCUT2D eigenvalue weighted by atomic mass is 16.1. The Morgan fingerprint density at radius 2 is 1.91 bits per heavy atom. The molecule has 3 saturated carbocycles. The number of carbonyl (C=O) groups excluding carboxylic acids is 3. The molecule has 0 spiro atoms. The quantitative estimate of drug-likeness (QED) is 0.646. The molecule has 6 atom stereocenters. The summed E-state index contributed by atoms with van der Waals surface area (Å²) >= 11 is 0. The minimum atomic E-state index is -0.414. The Balaban J connectivity index is 1.77. The van der Waals surface area contributed by atoms with Crippen LogP contribution >= 0.6 is 0 Å². The summed E-state index contributed by atoms with van der Waals surface area (Å²) < 4.78 is 0. The van der Waals surface area contributed by atoms with Gasteiger partial charge in [0.15, 0.2) is 0 Å². The molecular formula is C19H24O3. The summed E-state index contributed by atoms with van der Waals surface area (Å²) in [5.74, 6) is 2.20. The zero-order chi connectivity index (χ0) is 15.6. The molecule has 0 radical (unpaired) electrons. The second kappa shape index (κ2) is 4.62. The molecule has 0 aromatic carbocycles. The number of Topliss-reactive ketones (excluding diaryl/α,β-unsaturated/α-hetero) is 3. The molecule has 0 N–H and O–H groups in total. The van der Waals surface area contributed by atoms with Gasteiger partial charge < -0.3 is 0 Å². The first-order valence-corrected chi connectivity index (χ1v) is 8.70. The van der Waals surface area contributed by atoms with Crippen molar-refractivity contribution >= 4 is 17.3 Å². The Morgan fingerprint density at radius 3 is 2.68 bits per heavy atom. The predicted octanol–water partition coefficient (Wildman–Crippen LogP) is 3.12. The average Bonchev–Trinajstić information content (AvgIpc) is 2.74. The fraction of sp³-hybridized carbons (Fsp3) is 0.737. The van der Waals surface area contributed by atoms with Crippen LogP contribution in [0.3, 0.4) is 0 Å². The summed E-state index contributed by atoms with van der Waals surface area (Å²) in [6.07, 6.45) is 6.29. The van der Waals surface area contributed by atoms with Gasteiger partial charge >= 0.3 is 0 Å². The number of allylic oxidation sites excluding steroid dienone is 2. The van der Waals surface area contributed by atoms with E-state index in [4.69, 9.17) is 0 Å². The van der Waals surface area contributed by atoms with Gasteiger partial charge in [0.05, 0.1) is 0 Å². The molecule has 0 aliphatic heterocycles. The van der Waals surface area contributed by atoms with Crippen molar-refractivity contribution in [2.24, 2.45) is 35.0 Å². The van der Waals surface area contributed by atoms with Gasteiger partial charge in [0.1, 0.15) is 17.3 Å². The van der Waals surface area contributed by atoms with E-state index in [0.717, 1.165) is 12.8 Å². The van der Waals surface area contributed by atoms with Crippen molar-refractivity contribution in [2.75, 3.05) is 0 Å². The van der Waals surface area contributed by atoms with Gasteiger partial charge in [0.25, 0.3) is 0 Å². The van der Waals surface area contributed by atoms with Gasteiger partial charge in [-0.05, 0) is 36.5 Å². The lowest BCUT2D eigenvalue weighted by molar-refractivity contribution is -0.147. The maximum atomic E-state index is 12.9. The molecular weight excluding hydrogens is 276 g/mol. The molecule has 22 heavy (non-hydrogen) atoms. The van der Waals surface area contributed by atoms with Crippen molar-refractivity contribution in [3.63, 3.8) is 0 Å². The Bertz CT molecular complexity index is 602. The van der Waals surface area contributed by atoms with E-state index < -0.39 is 5.41 Å². The van der Waals surface area contributed by atoms with Gasteiger partial charge in [0, 0.05) is 37.0 Å². The Kier molecular flexibility index (Phi) is 3.02. The zero-order valence-corrected chi connectivity index (χ0v) is 13.4. The lowest BCUT2D eigenvalue weighted by atomic mass is 9.50. The molecule has 0 bridgehead atoms. The first kappa shape index (κ1) is 14.3. The van der Waals surface area contributed by atoms with E-state index in [-0.39, 0.29) is 17.6 Å². The van der Waals surface area contributed by atoms with Crippen LogP contribution in [0.4, 0.5) is 0 Å². The highest BCUT2D eigenvalue weighted by Gasteiger charge is 2.60. The summed E-state index contributed by atoms with van der Waals surface area (Å²) in [5.41, 5.74) is 0.800. The molecule has 4 aliphatic rings. The van der Waals surface area contributed by atoms with Gasteiger partial charge in [-0.3, -0.25) is 14.4 Å². The lowest BCUT2D eigenvalue weighted by Crippen LogP contribution is -2.53. The molecule has 0 heterocycles.